The number of ether oxygens (including phenoxy) is 1. The molecule has 3 aliphatic heterocycles. The molecule has 3 saturated heterocycles. The average molecular weight is 641 g/mol. The molecule has 5 heterocycles. The Hall–Kier alpha value is -4.39. The highest BCUT2D eigenvalue weighted by Gasteiger charge is 2.41. The summed E-state index contributed by atoms with van der Waals surface area (Å²) in [6.45, 7) is 3.57. The number of aromatic nitrogens is 3. The van der Waals surface area contributed by atoms with E-state index in [-0.39, 0.29) is 62.2 Å². The van der Waals surface area contributed by atoms with Crippen molar-refractivity contribution < 1.29 is 17.9 Å². The number of alkyl halides is 1. The Morgan fingerprint density at radius 3 is 2.47 bits per heavy atom. The van der Waals surface area contributed by atoms with Gasteiger partial charge in [0, 0.05) is 79.8 Å². The molecule has 1 saturated carbocycles. The minimum atomic E-state index is -0.799. The molecular weight excluding hydrogens is 605 g/mol. The quantitative estimate of drug-likeness (QED) is 0.289. The van der Waals surface area contributed by atoms with Crippen molar-refractivity contribution in [2.24, 2.45) is 12.5 Å². The van der Waals surface area contributed by atoms with Crippen molar-refractivity contribution in [2.75, 3.05) is 44.2 Å². The molecule has 2 aromatic carbocycles. The molecule has 8 rings (SSSR count). The van der Waals surface area contributed by atoms with Crippen molar-refractivity contribution in [3.05, 3.63) is 47.2 Å². The van der Waals surface area contributed by atoms with E-state index < -0.39 is 17.8 Å². The fourth-order valence-corrected chi connectivity index (χ4v) is 8.26. The van der Waals surface area contributed by atoms with Crippen molar-refractivity contribution in [3.8, 4) is 29.3 Å². The second-order valence-corrected chi connectivity index (χ2v) is 13.8. The molecule has 242 valence electrons. The van der Waals surface area contributed by atoms with Crippen LogP contribution in [0.5, 0.6) is 6.01 Å². The highest BCUT2D eigenvalue weighted by molar-refractivity contribution is 6.04. The van der Waals surface area contributed by atoms with Crippen molar-refractivity contribution in [2.45, 2.75) is 56.8 Å². The third-order valence-corrected chi connectivity index (χ3v) is 10.7. The van der Waals surface area contributed by atoms with E-state index in [4.69, 9.17) is 9.72 Å². The maximum atomic E-state index is 17.1. The van der Waals surface area contributed by atoms with Crippen molar-refractivity contribution >= 4 is 27.6 Å². The highest BCUT2D eigenvalue weighted by Crippen LogP contribution is 2.44. The minimum Gasteiger partial charge on any atom is -0.463 e. The summed E-state index contributed by atoms with van der Waals surface area (Å²) in [5.74, 6) is -0.799. The Kier molecular flexibility index (Phi) is 7.27. The summed E-state index contributed by atoms with van der Waals surface area (Å²) in [6.07, 6.45) is 6.28. The fourth-order valence-electron chi connectivity index (χ4n) is 8.26. The molecule has 3 atom stereocenters. The van der Waals surface area contributed by atoms with Crippen LogP contribution >= 0.6 is 0 Å². The van der Waals surface area contributed by atoms with Crippen LogP contribution in [0, 0.1) is 39.7 Å². The van der Waals surface area contributed by atoms with Crippen LogP contribution in [0.15, 0.2) is 24.4 Å². The molecule has 4 aliphatic rings. The van der Waals surface area contributed by atoms with Crippen LogP contribution in [-0.2, 0) is 7.05 Å². The van der Waals surface area contributed by atoms with Gasteiger partial charge in [-0.25, -0.2) is 13.2 Å². The number of halogens is 3. The predicted octanol–water partition coefficient (Wildman–Crippen LogP) is 5.34. The molecule has 4 aromatic rings. The number of aryl methyl sites for hydroxylation is 1. The normalized spacial score (nSPS) is 23.6. The van der Waals surface area contributed by atoms with Crippen LogP contribution in [0.2, 0.25) is 0 Å². The number of nitrogens with one attached hydrogen (secondary N) is 1. The lowest BCUT2D eigenvalue weighted by Crippen LogP contribution is -2.51. The molecule has 2 aromatic heterocycles. The maximum Gasteiger partial charge on any atom is 0.319 e. The molecular formula is C35H35F3N8O. The molecule has 1 aliphatic carbocycles. The van der Waals surface area contributed by atoms with E-state index in [9.17, 15) is 14.9 Å². The number of anilines is 1. The van der Waals surface area contributed by atoms with Gasteiger partial charge in [0.15, 0.2) is 5.82 Å². The van der Waals surface area contributed by atoms with Gasteiger partial charge in [-0.1, -0.05) is 12.5 Å². The Morgan fingerprint density at radius 2 is 1.81 bits per heavy atom. The number of hydrogen-bond donors (Lipinski definition) is 1. The Morgan fingerprint density at radius 1 is 1.04 bits per heavy atom. The number of hydrogen-bond acceptors (Lipinski definition) is 8. The first-order chi connectivity index (χ1) is 22.8. The summed E-state index contributed by atoms with van der Waals surface area (Å²) >= 11 is 0. The molecule has 2 unspecified atom stereocenters. The van der Waals surface area contributed by atoms with Gasteiger partial charge in [-0.05, 0) is 49.8 Å². The van der Waals surface area contributed by atoms with Crippen LogP contribution in [-0.4, -0.2) is 77.0 Å². The van der Waals surface area contributed by atoms with E-state index in [2.05, 4.69) is 32.2 Å². The molecule has 0 amide bonds. The average Bonchev–Trinajstić information content (AvgIpc) is 3.73. The van der Waals surface area contributed by atoms with Gasteiger partial charge in [0.2, 0.25) is 0 Å². The number of nitriles is 2. The molecule has 12 heteroatoms. The predicted molar refractivity (Wildman–Crippen MR) is 171 cm³/mol. The van der Waals surface area contributed by atoms with Gasteiger partial charge in [0.1, 0.15) is 29.4 Å². The van der Waals surface area contributed by atoms with Gasteiger partial charge < -0.3 is 19.5 Å². The van der Waals surface area contributed by atoms with Crippen LogP contribution in [0.3, 0.4) is 0 Å². The van der Waals surface area contributed by atoms with E-state index >= 15 is 8.78 Å². The summed E-state index contributed by atoms with van der Waals surface area (Å²) in [7, 11) is 1.62. The molecule has 4 fully saturated rings. The van der Waals surface area contributed by atoms with Crippen LogP contribution < -0.4 is 15.0 Å². The Labute approximate surface area is 270 Å². The second-order valence-electron chi connectivity index (χ2n) is 13.8. The third-order valence-electron chi connectivity index (χ3n) is 10.7. The number of rotatable bonds is 7. The molecule has 2 bridgehead atoms. The highest BCUT2D eigenvalue weighted by atomic mass is 19.1. The van der Waals surface area contributed by atoms with E-state index in [0.717, 1.165) is 45.2 Å². The van der Waals surface area contributed by atoms with Crippen LogP contribution in [0.4, 0.5) is 19.0 Å². The van der Waals surface area contributed by atoms with E-state index in [1.54, 1.807) is 13.1 Å². The van der Waals surface area contributed by atoms with Gasteiger partial charge >= 0.3 is 6.01 Å². The van der Waals surface area contributed by atoms with Crippen LogP contribution in [0.1, 0.15) is 49.7 Å². The first kappa shape index (κ1) is 30.0. The van der Waals surface area contributed by atoms with Crippen molar-refractivity contribution in [1.82, 2.24) is 24.8 Å². The molecule has 47 heavy (non-hydrogen) atoms. The molecule has 1 N–H and O–H groups in total. The first-order valence-electron chi connectivity index (χ1n) is 16.4. The second kappa shape index (κ2) is 11.4. The molecule has 0 spiro atoms. The van der Waals surface area contributed by atoms with E-state index in [0.29, 0.717) is 43.9 Å². The number of benzene rings is 2. The number of piperazine rings is 1. The third kappa shape index (κ3) is 5.06. The lowest BCUT2D eigenvalue weighted by Gasteiger charge is -2.43. The topological polar surface area (TPSA) is 106 Å². The van der Waals surface area contributed by atoms with Gasteiger partial charge in [-0.2, -0.15) is 20.5 Å². The largest absolute Gasteiger partial charge is 0.463 e. The summed E-state index contributed by atoms with van der Waals surface area (Å²) in [6, 6.07) is 9.08. The van der Waals surface area contributed by atoms with Gasteiger partial charge in [-0.3, -0.25) is 4.90 Å². The zero-order valence-electron chi connectivity index (χ0n) is 26.2. The number of nitrogens with zero attached hydrogens (tertiary/aromatic N) is 7. The number of fused-ring (bicyclic) bond motifs is 4. The standard InChI is InChI=1S/C35H35F3N8O/c1-44-14-21(13-40)29-25(5-6-27(37)32(29)44)28-20(12-39)11-26-31(30(28)38)42-34(43-33(26)46-16-23-3-4-24(17-46)41-23)47-19-35(8-2-9-35)18-45-10-7-22(36)15-45/h5-6,11,14,22-24,41H,2-4,7-10,15-19H2,1H3/t22-,23?,24?/m1/s1. The van der Waals surface area contributed by atoms with Gasteiger partial charge in [0.25, 0.3) is 0 Å². The molecule has 0 radical (unpaired) electrons. The van der Waals surface area contributed by atoms with Crippen molar-refractivity contribution in [3.63, 3.8) is 0 Å². The lowest BCUT2D eigenvalue weighted by atomic mass is 9.69. The van der Waals surface area contributed by atoms with Gasteiger partial charge in [-0.15, -0.1) is 0 Å². The summed E-state index contributed by atoms with van der Waals surface area (Å²) < 4.78 is 53.9. The van der Waals surface area contributed by atoms with Crippen LogP contribution in [0.25, 0.3) is 32.9 Å². The lowest BCUT2D eigenvalue weighted by molar-refractivity contribution is 0.0196. The zero-order valence-corrected chi connectivity index (χ0v) is 26.2. The van der Waals surface area contributed by atoms with Crippen molar-refractivity contribution in [1.29, 1.82) is 10.5 Å². The van der Waals surface area contributed by atoms with E-state index in [1.165, 1.54) is 22.9 Å². The maximum absolute atomic E-state index is 17.1. The SMILES string of the molecule is Cn1cc(C#N)c2c(-c3c(C#N)cc4c(N5CC6CCC(C5)N6)nc(OCC5(CN6CC[C@@H](F)C6)CCC5)nc4c3F)ccc(F)c21. The molecule has 9 nitrogen and oxygen atoms in total. The summed E-state index contributed by atoms with van der Waals surface area (Å²) in [5, 5.41) is 24.5. The minimum absolute atomic E-state index is 0.000679. The zero-order chi connectivity index (χ0) is 32.4. The van der Waals surface area contributed by atoms with E-state index in [1.807, 2.05) is 0 Å². The monoisotopic (exact) mass is 640 g/mol. The Bertz CT molecular complexity index is 1980. The van der Waals surface area contributed by atoms with Gasteiger partial charge in [0.05, 0.1) is 29.3 Å². The summed E-state index contributed by atoms with van der Waals surface area (Å²) in [5.41, 5.74) is 0.403. The smallest absolute Gasteiger partial charge is 0.319 e. The fraction of sp³-hybridized carbons (Fsp3) is 0.486. The summed E-state index contributed by atoms with van der Waals surface area (Å²) in [4.78, 5) is 13.8. The number of likely N-dealkylation sites (tertiary alicyclic amines) is 1. The first-order valence-corrected chi connectivity index (χ1v) is 16.4. The Balaban J connectivity index is 1.26.